The van der Waals surface area contributed by atoms with E-state index in [1.54, 1.807) is 14.0 Å². The third-order valence-corrected chi connectivity index (χ3v) is 3.51. The Bertz CT molecular complexity index is 594. The van der Waals surface area contributed by atoms with Crippen LogP contribution in [0.3, 0.4) is 0 Å². The van der Waals surface area contributed by atoms with Crippen molar-refractivity contribution in [1.29, 1.82) is 0 Å². The number of aromatic nitrogens is 2. The van der Waals surface area contributed by atoms with Crippen molar-refractivity contribution in [3.8, 4) is 5.75 Å². The molecule has 1 aliphatic rings. The van der Waals surface area contributed by atoms with Crippen LogP contribution < -0.4 is 10.5 Å². The van der Waals surface area contributed by atoms with Gasteiger partial charge in [-0.15, -0.1) is 0 Å². The molecule has 0 aliphatic heterocycles. The average Bonchev–Trinajstić information content (AvgIpc) is 2.95. The average molecular weight is 245 g/mol. The molecule has 1 aliphatic carbocycles. The number of hydrogen-bond donors (Lipinski definition) is 1. The summed E-state index contributed by atoms with van der Waals surface area (Å²) in [5, 5.41) is 3.97. The van der Waals surface area contributed by atoms with Gasteiger partial charge in [-0.3, -0.25) is 0 Å². The SMILES string of the molecule is COc1ccc2c(c1)C(N)(c1noc(C)n1)CC2. The summed E-state index contributed by atoms with van der Waals surface area (Å²) < 4.78 is 10.3. The Morgan fingerprint density at radius 1 is 1.44 bits per heavy atom. The van der Waals surface area contributed by atoms with Gasteiger partial charge in [0.05, 0.1) is 7.11 Å². The molecule has 0 spiro atoms. The maximum Gasteiger partial charge on any atom is 0.223 e. The first-order chi connectivity index (χ1) is 8.63. The molecule has 2 aromatic rings. The van der Waals surface area contributed by atoms with Crippen LogP contribution in [-0.2, 0) is 12.0 Å². The quantitative estimate of drug-likeness (QED) is 0.868. The predicted octanol–water partition coefficient (Wildman–Crippen LogP) is 1.54. The van der Waals surface area contributed by atoms with Gasteiger partial charge in [-0.25, -0.2) is 0 Å². The molecule has 2 N–H and O–H groups in total. The van der Waals surface area contributed by atoms with Crippen molar-refractivity contribution in [1.82, 2.24) is 10.1 Å². The molecular weight excluding hydrogens is 230 g/mol. The molecule has 5 heteroatoms. The summed E-state index contributed by atoms with van der Waals surface area (Å²) >= 11 is 0. The molecule has 1 unspecified atom stereocenters. The van der Waals surface area contributed by atoms with Gasteiger partial charge < -0.3 is 15.0 Å². The van der Waals surface area contributed by atoms with Gasteiger partial charge in [0.2, 0.25) is 5.89 Å². The zero-order valence-corrected chi connectivity index (χ0v) is 10.4. The van der Waals surface area contributed by atoms with Gasteiger partial charge in [-0.2, -0.15) is 4.98 Å². The molecule has 0 bridgehead atoms. The Balaban J connectivity index is 2.12. The fourth-order valence-electron chi connectivity index (χ4n) is 2.50. The Labute approximate surface area is 105 Å². The topological polar surface area (TPSA) is 74.2 Å². The molecule has 3 rings (SSSR count). The molecule has 1 aromatic heterocycles. The molecule has 1 heterocycles. The number of nitrogens with zero attached hydrogens (tertiary/aromatic N) is 2. The molecule has 0 radical (unpaired) electrons. The van der Waals surface area contributed by atoms with Crippen LogP contribution in [0.2, 0.25) is 0 Å². The summed E-state index contributed by atoms with van der Waals surface area (Å²) in [6, 6.07) is 5.97. The first-order valence-corrected chi connectivity index (χ1v) is 5.90. The molecule has 1 atom stereocenters. The minimum atomic E-state index is -0.665. The van der Waals surface area contributed by atoms with Crippen LogP contribution in [-0.4, -0.2) is 17.3 Å². The lowest BCUT2D eigenvalue weighted by molar-refractivity contribution is 0.370. The number of nitrogens with two attached hydrogens (primary N) is 1. The number of methoxy groups -OCH3 is 1. The van der Waals surface area contributed by atoms with Gasteiger partial charge in [0.25, 0.3) is 0 Å². The number of ether oxygens (including phenoxy) is 1. The lowest BCUT2D eigenvalue weighted by Crippen LogP contribution is -2.36. The smallest absolute Gasteiger partial charge is 0.223 e. The van der Waals surface area contributed by atoms with Crippen LogP contribution in [0, 0.1) is 6.92 Å². The van der Waals surface area contributed by atoms with E-state index in [0.717, 1.165) is 24.2 Å². The van der Waals surface area contributed by atoms with Gasteiger partial charge in [-0.1, -0.05) is 11.2 Å². The van der Waals surface area contributed by atoms with Gasteiger partial charge in [0.15, 0.2) is 5.82 Å². The molecule has 5 nitrogen and oxygen atoms in total. The maximum absolute atomic E-state index is 6.49. The van der Waals surface area contributed by atoms with E-state index in [0.29, 0.717) is 11.7 Å². The van der Waals surface area contributed by atoms with Gasteiger partial charge >= 0.3 is 0 Å². The summed E-state index contributed by atoms with van der Waals surface area (Å²) in [5.41, 5.74) is 8.08. The zero-order chi connectivity index (χ0) is 12.8. The van der Waals surface area contributed by atoms with E-state index >= 15 is 0 Å². The summed E-state index contributed by atoms with van der Waals surface area (Å²) in [5.74, 6) is 1.88. The van der Waals surface area contributed by atoms with Crippen molar-refractivity contribution < 1.29 is 9.26 Å². The van der Waals surface area contributed by atoms with Crippen LogP contribution in [0.4, 0.5) is 0 Å². The monoisotopic (exact) mass is 245 g/mol. The normalized spacial score (nSPS) is 21.9. The van der Waals surface area contributed by atoms with Gasteiger partial charge in [0.1, 0.15) is 11.3 Å². The van der Waals surface area contributed by atoms with E-state index in [9.17, 15) is 0 Å². The van der Waals surface area contributed by atoms with Crippen molar-refractivity contribution >= 4 is 0 Å². The number of fused-ring (bicyclic) bond motifs is 1. The maximum atomic E-state index is 6.49. The van der Waals surface area contributed by atoms with E-state index in [-0.39, 0.29) is 0 Å². The summed E-state index contributed by atoms with van der Waals surface area (Å²) in [6.45, 7) is 1.77. The van der Waals surface area contributed by atoms with Crippen molar-refractivity contribution in [2.75, 3.05) is 7.11 Å². The van der Waals surface area contributed by atoms with Gasteiger partial charge in [0, 0.05) is 6.92 Å². The van der Waals surface area contributed by atoms with Crippen molar-refractivity contribution in [3.05, 3.63) is 41.0 Å². The Hall–Kier alpha value is -1.88. The second-order valence-corrected chi connectivity index (χ2v) is 4.63. The molecule has 94 valence electrons. The summed E-state index contributed by atoms with van der Waals surface area (Å²) in [6.07, 6.45) is 1.71. The van der Waals surface area contributed by atoms with E-state index in [4.69, 9.17) is 15.0 Å². The first-order valence-electron chi connectivity index (χ1n) is 5.90. The highest BCUT2D eigenvalue weighted by atomic mass is 16.5. The second kappa shape index (κ2) is 3.81. The second-order valence-electron chi connectivity index (χ2n) is 4.63. The van der Waals surface area contributed by atoms with Crippen LogP contribution in [0.5, 0.6) is 5.75 Å². The highest BCUT2D eigenvalue weighted by Crippen LogP contribution is 2.40. The molecule has 0 saturated heterocycles. The van der Waals surface area contributed by atoms with Crippen molar-refractivity contribution in [2.45, 2.75) is 25.3 Å². The minimum Gasteiger partial charge on any atom is -0.497 e. The number of benzene rings is 1. The van der Waals surface area contributed by atoms with Crippen LogP contribution in [0.1, 0.15) is 29.3 Å². The minimum absolute atomic E-state index is 0.533. The van der Waals surface area contributed by atoms with E-state index in [1.807, 2.05) is 12.1 Å². The number of aryl methyl sites for hydroxylation is 2. The largest absolute Gasteiger partial charge is 0.497 e. The Kier molecular flexibility index (Phi) is 2.38. The Morgan fingerprint density at radius 3 is 2.94 bits per heavy atom. The summed E-state index contributed by atoms with van der Waals surface area (Å²) in [4.78, 5) is 4.28. The van der Waals surface area contributed by atoms with Crippen molar-refractivity contribution in [3.63, 3.8) is 0 Å². The number of rotatable bonds is 2. The molecule has 0 fully saturated rings. The van der Waals surface area contributed by atoms with E-state index < -0.39 is 5.54 Å². The molecule has 0 amide bonds. The third kappa shape index (κ3) is 1.51. The highest BCUT2D eigenvalue weighted by Gasteiger charge is 2.40. The predicted molar refractivity (Wildman–Crippen MR) is 65.3 cm³/mol. The Morgan fingerprint density at radius 2 is 2.28 bits per heavy atom. The molecule has 18 heavy (non-hydrogen) atoms. The fourth-order valence-corrected chi connectivity index (χ4v) is 2.50. The first kappa shape index (κ1) is 11.2. The fraction of sp³-hybridized carbons (Fsp3) is 0.385. The van der Waals surface area contributed by atoms with Crippen molar-refractivity contribution in [2.24, 2.45) is 5.73 Å². The third-order valence-electron chi connectivity index (χ3n) is 3.51. The van der Waals surface area contributed by atoms with Crippen LogP contribution in [0.15, 0.2) is 22.7 Å². The molecular formula is C13H15N3O2. The highest BCUT2D eigenvalue weighted by molar-refractivity contribution is 5.47. The summed E-state index contributed by atoms with van der Waals surface area (Å²) in [7, 11) is 1.65. The van der Waals surface area contributed by atoms with E-state index in [1.165, 1.54) is 5.56 Å². The molecule has 0 saturated carbocycles. The number of hydrogen-bond acceptors (Lipinski definition) is 5. The van der Waals surface area contributed by atoms with Crippen LogP contribution in [0.25, 0.3) is 0 Å². The lowest BCUT2D eigenvalue weighted by atomic mass is 9.92. The zero-order valence-electron chi connectivity index (χ0n) is 10.4. The van der Waals surface area contributed by atoms with Gasteiger partial charge in [-0.05, 0) is 36.1 Å². The van der Waals surface area contributed by atoms with Crippen LogP contribution >= 0.6 is 0 Å². The van der Waals surface area contributed by atoms with E-state index in [2.05, 4.69) is 16.2 Å². The molecule has 1 aromatic carbocycles. The standard InChI is InChI=1S/C13H15N3O2/c1-8-15-12(16-18-8)13(14)6-5-9-3-4-10(17-2)7-11(9)13/h3-4,7H,5-6,14H2,1-2H3. The lowest BCUT2D eigenvalue weighted by Gasteiger charge is -2.21.